The molecule has 2 aliphatic rings. The molecule has 1 aliphatic carbocycles. The van der Waals surface area contributed by atoms with E-state index >= 15 is 0 Å². The van der Waals surface area contributed by atoms with E-state index in [1.165, 1.54) is 37.0 Å². The number of carbonyl (C=O) groups is 2. The van der Waals surface area contributed by atoms with Gasteiger partial charge in [-0.15, -0.1) is 11.3 Å². The summed E-state index contributed by atoms with van der Waals surface area (Å²) >= 11 is 1.41. The van der Waals surface area contributed by atoms with Crippen molar-refractivity contribution < 1.29 is 14.3 Å². The van der Waals surface area contributed by atoms with Crippen LogP contribution in [0.4, 0.5) is 0 Å². The van der Waals surface area contributed by atoms with Crippen LogP contribution in [0.25, 0.3) is 10.1 Å². The van der Waals surface area contributed by atoms with Crippen molar-refractivity contribution in [2.45, 2.75) is 44.6 Å². The minimum atomic E-state index is -0.397. The normalized spacial score (nSPS) is 23.3. The van der Waals surface area contributed by atoms with Gasteiger partial charge in [-0.2, -0.15) is 0 Å². The molecule has 2 atom stereocenters. The third-order valence-corrected chi connectivity index (χ3v) is 6.61. The molecule has 4 rings (SSSR count). The van der Waals surface area contributed by atoms with Crippen molar-refractivity contribution in [3.05, 3.63) is 35.2 Å². The highest BCUT2D eigenvalue weighted by Gasteiger charge is 2.35. The van der Waals surface area contributed by atoms with E-state index in [2.05, 4.69) is 0 Å². The average Bonchev–Trinajstić information content (AvgIpc) is 3.09. The van der Waals surface area contributed by atoms with Gasteiger partial charge in [-0.3, -0.25) is 4.79 Å². The molecule has 1 amide bonds. The van der Waals surface area contributed by atoms with Crippen LogP contribution in [0.2, 0.25) is 0 Å². The van der Waals surface area contributed by atoms with Crippen LogP contribution in [0.5, 0.6) is 0 Å². The number of hydrogen-bond donors (Lipinski definition) is 0. The highest BCUT2D eigenvalue weighted by atomic mass is 32.1. The van der Waals surface area contributed by atoms with Gasteiger partial charge in [-0.05, 0) is 49.1 Å². The number of thiophene rings is 1. The van der Waals surface area contributed by atoms with E-state index in [1.54, 1.807) is 0 Å². The number of esters is 1. The molecule has 4 nitrogen and oxygen atoms in total. The zero-order valence-electron chi connectivity index (χ0n) is 14.3. The number of rotatable bonds is 3. The molecule has 0 N–H and O–H groups in total. The van der Waals surface area contributed by atoms with Gasteiger partial charge in [0, 0.05) is 17.3 Å². The van der Waals surface area contributed by atoms with Crippen LogP contribution in [0.1, 0.15) is 48.2 Å². The molecule has 2 fully saturated rings. The summed E-state index contributed by atoms with van der Waals surface area (Å²) in [5.41, 5.74) is 0. The molecule has 1 aromatic heterocycles. The fraction of sp³-hybridized carbons (Fsp3) is 0.500. The molecule has 0 radical (unpaired) electrons. The van der Waals surface area contributed by atoms with Crippen LogP contribution < -0.4 is 0 Å². The summed E-state index contributed by atoms with van der Waals surface area (Å²) < 4.78 is 6.39. The lowest BCUT2D eigenvalue weighted by Gasteiger charge is -2.44. The molecule has 132 valence electrons. The molecule has 1 saturated carbocycles. The van der Waals surface area contributed by atoms with E-state index in [1.807, 2.05) is 35.2 Å². The number of likely N-dealkylation sites (tertiary alicyclic amines) is 1. The molecule has 0 spiro atoms. The number of nitrogens with zero attached hydrogens (tertiary/aromatic N) is 1. The lowest BCUT2D eigenvalue weighted by molar-refractivity contribution is -0.140. The first-order valence-corrected chi connectivity index (χ1v) is 9.99. The summed E-state index contributed by atoms with van der Waals surface area (Å²) in [5, 5.41) is 1.03. The third kappa shape index (κ3) is 3.43. The molecule has 5 heteroatoms. The van der Waals surface area contributed by atoms with Crippen molar-refractivity contribution in [1.29, 1.82) is 0 Å². The van der Waals surface area contributed by atoms with E-state index in [0.29, 0.717) is 16.8 Å². The van der Waals surface area contributed by atoms with Crippen LogP contribution in [-0.2, 0) is 9.53 Å². The van der Waals surface area contributed by atoms with Gasteiger partial charge in [0.25, 0.3) is 5.91 Å². The standard InChI is InChI=1S/C20H23NO3S/c22-19(21-11-5-8-14-6-1-3-9-16(14)21)13-24-20(23)18-12-15-7-2-4-10-17(15)25-18/h2,4,7,10,12,14,16H,1,3,5-6,8-9,11,13H2/t14-,16-/m0/s1. The maximum Gasteiger partial charge on any atom is 0.348 e. The number of carbonyl (C=O) groups excluding carboxylic acids is 2. The van der Waals surface area contributed by atoms with Gasteiger partial charge in [-0.25, -0.2) is 4.79 Å². The molecule has 2 aromatic rings. The molecular formula is C20H23NO3S. The Morgan fingerprint density at radius 1 is 1.12 bits per heavy atom. The number of benzene rings is 1. The number of ether oxygens (including phenoxy) is 1. The maximum atomic E-state index is 12.6. The summed E-state index contributed by atoms with van der Waals surface area (Å²) in [6.45, 7) is 0.663. The third-order valence-electron chi connectivity index (χ3n) is 5.52. The first kappa shape index (κ1) is 16.6. The smallest absolute Gasteiger partial charge is 0.348 e. The van der Waals surface area contributed by atoms with Gasteiger partial charge >= 0.3 is 5.97 Å². The molecule has 1 aliphatic heterocycles. The number of amides is 1. The molecule has 1 aromatic carbocycles. The molecule has 2 heterocycles. The fourth-order valence-corrected chi connectivity index (χ4v) is 5.25. The van der Waals surface area contributed by atoms with E-state index in [-0.39, 0.29) is 12.5 Å². The number of piperidine rings is 1. The minimum absolute atomic E-state index is 0.0361. The Balaban J connectivity index is 1.38. The van der Waals surface area contributed by atoms with Crippen molar-refractivity contribution in [2.24, 2.45) is 5.92 Å². The Kier molecular flexibility index (Phi) is 4.75. The van der Waals surface area contributed by atoms with Crippen molar-refractivity contribution in [1.82, 2.24) is 4.90 Å². The van der Waals surface area contributed by atoms with Crippen LogP contribution in [0.3, 0.4) is 0 Å². The lowest BCUT2D eigenvalue weighted by Crippen LogP contribution is -2.50. The Bertz CT molecular complexity index is 749. The summed E-state index contributed by atoms with van der Waals surface area (Å²) in [6.07, 6.45) is 7.11. The summed E-state index contributed by atoms with van der Waals surface area (Å²) in [5.74, 6) is 0.211. The van der Waals surface area contributed by atoms with Gasteiger partial charge in [0.2, 0.25) is 0 Å². The highest BCUT2D eigenvalue weighted by molar-refractivity contribution is 7.20. The van der Waals surface area contributed by atoms with E-state index < -0.39 is 5.97 Å². The van der Waals surface area contributed by atoms with Crippen molar-refractivity contribution in [3.8, 4) is 0 Å². The van der Waals surface area contributed by atoms with Crippen LogP contribution in [-0.4, -0.2) is 36.0 Å². The second-order valence-electron chi connectivity index (χ2n) is 7.07. The molecule has 0 unspecified atom stereocenters. The Morgan fingerprint density at radius 3 is 2.80 bits per heavy atom. The SMILES string of the molecule is O=C(OCC(=O)N1CCC[C@@H]2CCCC[C@@H]21)c1cc2ccccc2s1. The Morgan fingerprint density at radius 2 is 1.92 bits per heavy atom. The Labute approximate surface area is 151 Å². The van der Waals surface area contributed by atoms with E-state index in [9.17, 15) is 9.59 Å². The zero-order chi connectivity index (χ0) is 17.2. The predicted molar refractivity (Wildman–Crippen MR) is 98.8 cm³/mol. The van der Waals surface area contributed by atoms with Crippen molar-refractivity contribution in [3.63, 3.8) is 0 Å². The van der Waals surface area contributed by atoms with Crippen LogP contribution >= 0.6 is 11.3 Å². The summed E-state index contributed by atoms with van der Waals surface area (Å²) in [7, 11) is 0. The topological polar surface area (TPSA) is 46.6 Å². The van der Waals surface area contributed by atoms with Crippen molar-refractivity contribution in [2.75, 3.05) is 13.2 Å². The van der Waals surface area contributed by atoms with E-state index in [4.69, 9.17) is 4.74 Å². The first-order valence-electron chi connectivity index (χ1n) is 9.17. The average molecular weight is 357 g/mol. The number of fused-ring (bicyclic) bond motifs is 2. The van der Waals surface area contributed by atoms with E-state index in [0.717, 1.165) is 29.5 Å². The molecule has 25 heavy (non-hydrogen) atoms. The number of hydrogen-bond acceptors (Lipinski definition) is 4. The zero-order valence-corrected chi connectivity index (χ0v) is 15.1. The minimum Gasteiger partial charge on any atom is -0.451 e. The lowest BCUT2D eigenvalue weighted by atomic mass is 9.78. The first-order chi connectivity index (χ1) is 12.2. The van der Waals surface area contributed by atoms with Gasteiger partial charge in [-0.1, -0.05) is 31.0 Å². The summed E-state index contributed by atoms with van der Waals surface area (Å²) in [4.78, 5) is 27.5. The second-order valence-corrected chi connectivity index (χ2v) is 8.15. The fourth-order valence-electron chi connectivity index (χ4n) is 4.30. The molecule has 0 bridgehead atoms. The van der Waals surface area contributed by atoms with Gasteiger partial charge in [0.05, 0.1) is 0 Å². The summed E-state index contributed by atoms with van der Waals surface area (Å²) in [6, 6.07) is 10.1. The molecule has 1 saturated heterocycles. The van der Waals surface area contributed by atoms with Crippen LogP contribution in [0.15, 0.2) is 30.3 Å². The maximum absolute atomic E-state index is 12.6. The highest BCUT2D eigenvalue weighted by Crippen LogP contribution is 2.35. The van der Waals surface area contributed by atoms with Gasteiger partial charge < -0.3 is 9.64 Å². The van der Waals surface area contributed by atoms with Gasteiger partial charge in [0.15, 0.2) is 6.61 Å². The van der Waals surface area contributed by atoms with Crippen molar-refractivity contribution >= 4 is 33.3 Å². The monoisotopic (exact) mass is 357 g/mol. The second kappa shape index (κ2) is 7.16. The largest absolute Gasteiger partial charge is 0.451 e. The Hall–Kier alpha value is -1.88. The quantitative estimate of drug-likeness (QED) is 0.772. The van der Waals surface area contributed by atoms with Gasteiger partial charge in [0.1, 0.15) is 4.88 Å². The predicted octanol–water partition coefficient (Wildman–Crippen LogP) is 4.24. The molecular weight excluding hydrogens is 334 g/mol. The van der Waals surface area contributed by atoms with Crippen LogP contribution in [0, 0.1) is 5.92 Å².